The first-order valence-corrected chi connectivity index (χ1v) is 9.82. The van der Waals surface area contributed by atoms with E-state index in [1.165, 1.54) is 23.5 Å². The summed E-state index contributed by atoms with van der Waals surface area (Å²) in [5.41, 5.74) is 2.16. The average molecular weight is 452 g/mol. The van der Waals surface area contributed by atoms with Crippen LogP contribution in [0.15, 0.2) is 65.1 Å². The fourth-order valence-electron chi connectivity index (χ4n) is 2.75. The zero-order valence-corrected chi connectivity index (χ0v) is 16.6. The Morgan fingerprint density at radius 1 is 1.14 bits per heavy atom. The molecule has 0 aliphatic rings. The monoisotopic (exact) mass is 451 g/mol. The molecule has 1 N–H and O–H groups in total. The highest BCUT2D eigenvalue weighted by atomic mass is 79.9. The minimum atomic E-state index is -0.741. The Morgan fingerprint density at radius 2 is 1.96 bits per heavy atom. The first-order chi connectivity index (χ1) is 13.5. The Morgan fingerprint density at radius 3 is 2.71 bits per heavy atom. The number of hydrogen-bond acceptors (Lipinski definition) is 4. The second-order valence-electron chi connectivity index (χ2n) is 5.94. The van der Waals surface area contributed by atoms with Crippen molar-refractivity contribution in [2.24, 2.45) is 0 Å². The molecule has 28 heavy (non-hydrogen) atoms. The highest BCUT2D eigenvalue weighted by Crippen LogP contribution is 2.36. The normalized spacial score (nSPS) is 10.6. The lowest BCUT2D eigenvalue weighted by Gasteiger charge is -2.11. The molecule has 7 heteroatoms. The van der Waals surface area contributed by atoms with E-state index in [1.807, 2.05) is 36.4 Å². The van der Waals surface area contributed by atoms with Crippen molar-refractivity contribution in [2.45, 2.75) is 0 Å². The maximum absolute atomic E-state index is 14.2. The van der Waals surface area contributed by atoms with Gasteiger partial charge in [-0.05, 0) is 48.5 Å². The molecule has 0 spiro atoms. The first-order valence-electron chi connectivity index (χ1n) is 8.21. The number of amides is 1. The molecule has 3 aromatic carbocycles. The van der Waals surface area contributed by atoms with Gasteiger partial charge in [-0.2, -0.15) is 5.26 Å². The van der Waals surface area contributed by atoms with Crippen molar-refractivity contribution >= 4 is 49.1 Å². The number of nitrogens with zero attached hydrogens (tertiary/aromatic N) is 2. The Hall–Kier alpha value is -3.08. The van der Waals surface area contributed by atoms with E-state index in [9.17, 15) is 9.18 Å². The second kappa shape index (κ2) is 7.50. The third-order valence-corrected chi connectivity index (χ3v) is 5.66. The van der Waals surface area contributed by atoms with Crippen molar-refractivity contribution in [2.75, 3.05) is 5.32 Å². The minimum Gasteiger partial charge on any atom is -0.321 e. The average Bonchev–Trinajstić information content (AvgIpc) is 3.13. The van der Waals surface area contributed by atoms with E-state index in [0.29, 0.717) is 5.69 Å². The number of hydrogen-bond donors (Lipinski definition) is 1. The minimum absolute atomic E-state index is 0.128. The summed E-state index contributed by atoms with van der Waals surface area (Å²) in [5.74, 6) is -1.33. The standard InChI is InChI=1S/C21H11BrFN3OS/c22-13-6-8-17(25-20(27)14-7-5-12(11-24)9-16(14)23)15(10-13)21-26-18-3-1-2-4-19(18)28-21/h1-10H,(H,25,27). The van der Waals surface area contributed by atoms with E-state index in [1.54, 1.807) is 12.1 Å². The molecule has 0 aliphatic carbocycles. The van der Waals surface area contributed by atoms with E-state index >= 15 is 0 Å². The molecule has 0 radical (unpaired) electrons. The third-order valence-electron chi connectivity index (χ3n) is 4.10. The summed E-state index contributed by atoms with van der Waals surface area (Å²) in [7, 11) is 0. The largest absolute Gasteiger partial charge is 0.321 e. The summed E-state index contributed by atoms with van der Waals surface area (Å²) in [4.78, 5) is 17.3. The van der Waals surface area contributed by atoms with Crippen LogP contribution in [0.5, 0.6) is 0 Å². The first kappa shape index (κ1) is 18.3. The van der Waals surface area contributed by atoms with Gasteiger partial charge in [0.05, 0.1) is 33.1 Å². The summed E-state index contributed by atoms with van der Waals surface area (Å²) in [6.07, 6.45) is 0. The van der Waals surface area contributed by atoms with Gasteiger partial charge in [-0.3, -0.25) is 4.79 Å². The van der Waals surface area contributed by atoms with Crippen molar-refractivity contribution in [1.82, 2.24) is 4.98 Å². The van der Waals surface area contributed by atoms with E-state index in [0.717, 1.165) is 31.3 Å². The molecule has 0 aliphatic heterocycles. The van der Waals surface area contributed by atoms with Crippen LogP contribution in [0, 0.1) is 17.1 Å². The molecule has 0 unspecified atom stereocenters. The van der Waals surface area contributed by atoms with Crippen molar-refractivity contribution in [3.05, 3.63) is 82.1 Å². The molecule has 1 heterocycles. The Labute approximate surface area is 172 Å². The zero-order valence-electron chi connectivity index (χ0n) is 14.2. The third kappa shape index (κ3) is 3.52. The summed E-state index contributed by atoms with van der Waals surface area (Å²) in [5, 5.41) is 12.4. The van der Waals surface area contributed by atoms with Crippen LogP contribution in [-0.4, -0.2) is 10.9 Å². The molecule has 4 rings (SSSR count). The number of nitrogens with one attached hydrogen (secondary N) is 1. The number of anilines is 1. The molecule has 4 aromatic rings. The predicted octanol–water partition coefficient (Wildman–Crippen LogP) is 5.99. The summed E-state index contributed by atoms with van der Waals surface area (Å²) < 4.78 is 16.1. The molecule has 0 fully saturated rings. The number of halogens is 2. The van der Waals surface area contributed by atoms with Gasteiger partial charge < -0.3 is 5.32 Å². The number of nitriles is 1. The SMILES string of the molecule is N#Cc1ccc(C(=O)Nc2ccc(Br)cc2-c2nc3ccccc3s2)c(F)c1. The van der Waals surface area contributed by atoms with Gasteiger partial charge in [0.2, 0.25) is 0 Å². The Bertz CT molecular complexity index is 1230. The van der Waals surface area contributed by atoms with Gasteiger partial charge >= 0.3 is 0 Å². The van der Waals surface area contributed by atoms with Crippen molar-refractivity contribution < 1.29 is 9.18 Å². The fourth-order valence-corrected chi connectivity index (χ4v) is 4.11. The molecule has 0 atom stereocenters. The maximum atomic E-state index is 14.2. The number of fused-ring (bicyclic) bond motifs is 1. The van der Waals surface area contributed by atoms with Crippen molar-refractivity contribution in [3.63, 3.8) is 0 Å². The lowest BCUT2D eigenvalue weighted by molar-refractivity contribution is 0.102. The summed E-state index contributed by atoms with van der Waals surface area (Å²) >= 11 is 4.96. The molecule has 4 nitrogen and oxygen atoms in total. The fraction of sp³-hybridized carbons (Fsp3) is 0. The summed E-state index contributed by atoms with van der Waals surface area (Å²) in [6, 6.07) is 18.8. The molecule has 1 aromatic heterocycles. The van der Waals surface area contributed by atoms with Gasteiger partial charge in [-0.25, -0.2) is 9.37 Å². The van der Waals surface area contributed by atoms with E-state index in [2.05, 4.69) is 26.2 Å². The van der Waals surface area contributed by atoms with Gasteiger partial charge in [0, 0.05) is 10.0 Å². The van der Waals surface area contributed by atoms with Crippen molar-refractivity contribution in [3.8, 4) is 16.6 Å². The lowest BCUT2D eigenvalue weighted by Crippen LogP contribution is -2.14. The van der Waals surface area contributed by atoms with Gasteiger partial charge in [-0.1, -0.05) is 28.1 Å². The second-order valence-corrected chi connectivity index (χ2v) is 7.88. The van der Waals surface area contributed by atoms with E-state index in [-0.39, 0.29) is 11.1 Å². The lowest BCUT2D eigenvalue weighted by atomic mass is 10.1. The Balaban J connectivity index is 1.73. The smallest absolute Gasteiger partial charge is 0.258 e. The van der Waals surface area contributed by atoms with Crippen LogP contribution in [0.4, 0.5) is 10.1 Å². The molecule has 0 bridgehead atoms. The number of carbonyl (C=O) groups is 1. The van der Waals surface area contributed by atoms with E-state index < -0.39 is 11.7 Å². The van der Waals surface area contributed by atoms with Crippen LogP contribution in [0.1, 0.15) is 15.9 Å². The molecular formula is C21H11BrFN3OS. The van der Waals surface area contributed by atoms with E-state index in [4.69, 9.17) is 5.26 Å². The van der Waals surface area contributed by atoms with Gasteiger partial charge in [0.15, 0.2) is 0 Å². The Kier molecular flexibility index (Phi) is 4.90. The van der Waals surface area contributed by atoms with Gasteiger partial charge in [0.25, 0.3) is 5.91 Å². The molecule has 0 saturated heterocycles. The quantitative estimate of drug-likeness (QED) is 0.415. The predicted molar refractivity (Wildman–Crippen MR) is 112 cm³/mol. The number of rotatable bonds is 3. The highest BCUT2D eigenvalue weighted by molar-refractivity contribution is 9.10. The zero-order chi connectivity index (χ0) is 19.7. The van der Waals surface area contributed by atoms with Crippen LogP contribution in [0.3, 0.4) is 0 Å². The molecule has 1 amide bonds. The van der Waals surface area contributed by atoms with Crippen LogP contribution in [0.2, 0.25) is 0 Å². The number of benzene rings is 3. The van der Waals surface area contributed by atoms with Gasteiger partial charge in [0.1, 0.15) is 10.8 Å². The number of aromatic nitrogens is 1. The van der Waals surface area contributed by atoms with Crippen molar-refractivity contribution in [1.29, 1.82) is 5.26 Å². The van der Waals surface area contributed by atoms with Crippen LogP contribution in [-0.2, 0) is 0 Å². The summed E-state index contributed by atoms with van der Waals surface area (Å²) in [6.45, 7) is 0. The van der Waals surface area contributed by atoms with Crippen LogP contribution in [0.25, 0.3) is 20.8 Å². The topological polar surface area (TPSA) is 65.8 Å². The molecular weight excluding hydrogens is 441 g/mol. The number of thiazole rings is 1. The van der Waals surface area contributed by atoms with Crippen LogP contribution < -0.4 is 5.32 Å². The maximum Gasteiger partial charge on any atom is 0.258 e. The molecule has 136 valence electrons. The number of carbonyl (C=O) groups excluding carboxylic acids is 1. The van der Waals surface area contributed by atoms with Gasteiger partial charge in [-0.15, -0.1) is 11.3 Å². The number of para-hydroxylation sites is 1. The highest BCUT2D eigenvalue weighted by Gasteiger charge is 2.17. The van der Waals surface area contributed by atoms with Crippen LogP contribution >= 0.6 is 27.3 Å². The molecule has 0 saturated carbocycles.